The second kappa shape index (κ2) is 6.68. The Kier molecular flexibility index (Phi) is 4.91. The maximum absolute atomic E-state index is 14.0. The molecule has 4 heteroatoms. The third kappa shape index (κ3) is 4.02. The molecule has 112 valence electrons. The molecule has 21 heavy (non-hydrogen) atoms. The second-order valence-corrected chi connectivity index (χ2v) is 4.94. The number of benzene rings is 2. The van der Waals surface area contributed by atoms with Crippen molar-refractivity contribution in [2.75, 3.05) is 13.7 Å². The summed E-state index contributed by atoms with van der Waals surface area (Å²) < 4.78 is 33.3. The van der Waals surface area contributed by atoms with Crippen molar-refractivity contribution in [3.05, 3.63) is 65.7 Å². The molecular weight excluding hydrogens is 272 g/mol. The molecule has 0 radical (unpaired) electrons. The highest BCUT2D eigenvalue weighted by atomic mass is 19.3. The van der Waals surface area contributed by atoms with E-state index in [1.807, 2.05) is 20.0 Å². The molecular formula is C17H19F2NO. The monoisotopic (exact) mass is 291 g/mol. The van der Waals surface area contributed by atoms with E-state index in [-0.39, 0.29) is 11.6 Å². The van der Waals surface area contributed by atoms with Crippen molar-refractivity contribution in [3.63, 3.8) is 0 Å². The van der Waals surface area contributed by atoms with Crippen molar-refractivity contribution < 1.29 is 13.5 Å². The first-order chi connectivity index (χ1) is 10.0. The summed E-state index contributed by atoms with van der Waals surface area (Å²) in [5, 5.41) is 3.10. The minimum Gasteiger partial charge on any atom is -0.487 e. The van der Waals surface area contributed by atoms with E-state index in [1.54, 1.807) is 36.4 Å². The second-order valence-electron chi connectivity index (χ2n) is 4.94. The Labute approximate surface area is 123 Å². The third-order valence-electron chi connectivity index (χ3n) is 3.41. The fourth-order valence-corrected chi connectivity index (χ4v) is 1.98. The molecule has 0 fully saturated rings. The molecule has 0 aliphatic rings. The van der Waals surface area contributed by atoms with Crippen molar-refractivity contribution >= 4 is 0 Å². The predicted octanol–water partition coefficient (Wildman–Crippen LogP) is 4.14. The number of halogens is 2. The summed E-state index contributed by atoms with van der Waals surface area (Å²) in [6.07, 6.45) is 0. The zero-order chi connectivity index (χ0) is 15.3. The highest BCUT2D eigenvalue weighted by molar-refractivity contribution is 5.30. The fraction of sp³-hybridized carbons (Fsp3) is 0.294. The number of hydrogen-bond acceptors (Lipinski definition) is 2. The smallest absolute Gasteiger partial charge is 0.306 e. The van der Waals surface area contributed by atoms with Gasteiger partial charge in [-0.3, -0.25) is 0 Å². The lowest BCUT2D eigenvalue weighted by atomic mass is 10.1. The minimum atomic E-state index is -3.01. The predicted molar refractivity (Wildman–Crippen MR) is 79.7 cm³/mol. The molecule has 0 spiro atoms. The van der Waals surface area contributed by atoms with Gasteiger partial charge in [0.25, 0.3) is 0 Å². The molecule has 2 nitrogen and oxygen atoms in total. The van der Waals surface area contributed by atoms with Crippen LogP contribution in [0.3, 0.4) is 0 Å². The minimum absolute atomic E-state index is 0.0373. The average molecular weight is 291 g/mol. The van der Waals surface area contributed by atoms with E-state index >= 15 is 0 Å². The summed E-state index contributed by atoms with van der Waals surface area (Å²) in [5.74, 6) is -2.56. The molecule has 0 heterocycles. The number of rotatable bonds is 6. The molecule has 0 amide bonds. The van der Waals surface area contributed by atoms with E-state index in [1.165, 1.54) is 12.1 Å². The van der Waals surface area contributed by atoms with Crippen LogP contribution >= 0.6 is 0 Å². The lowest BCUT2D eigenvalue weighted by Gasteiger charge is -2.18. The van der Waals surface area contributed by atoms with Crippen LogP contribution in [0.15, 0.2) is 54.6 Å². The first-order valence-corrected chi connectivity index (χ1v) is 6.86. The van der Waals surface area contributed by atoms with Gasteiger partial charge < -0.3 is 10.1 Å². The van der Waals surface area contributed by atoms with Gasteiger partial charge >= 0.3 is 5.92 Å². The first kappa shape index (κ1) is 15.4. The van der Waals surface area contributed by atoms with Crippen LogP contribution in [-0.2, 0) is 5.92 Å². The summed E-state index contributed by atoms with van der Waals surface area (Å²) >= 11 is 0. The van der Waals surface area contributed by atoms with E-state index < -0.39 is 12.5 Å². The van der Waals surface area contributed by atoms with Crippen LogP contribution in [0, 0.1) is 0 Å². The Balaban J connectivity index is 2.06. The maximum Gasteiger partial charge on any atom is 0.306 e. The van der Waals surface area contributed by atoms with Crippen LogP contribution in [-0.4, -0.2) is 13.7 Å². The SMILES string of the molecule is CNC(C)c1cccc(OCC(F)(F)c2ccccc2)c1. The van der Waals surface area contributed by atoms with Crippen LogP contribution < -0.4 is 10.1 Å². The molecule has 0 aromatic heterocycles. The summed E-state index contributed by atoms with van der Waals surface area (Å²) in [4.78, 5) is 0. The van der Waals surface area contributed by atoms with Crippen LogP contribution in [0.5, 0.6) is 5.75 Å². The van der Waals surface area contributed by atoms with Crippen LogP contribution in [0.1, 0.15) is 24.1 Å². The largest absolute Gasteiger partial charge is 0.487 e. The third-order valence-corrected chi connectivity index (χ3v) is 3.41. The fourth-order valence-electron chi connectivity index (χ4n) is 1.98. The van der Waals surface area contributed by atoms with Gasteiger partial charge in [0.2, 0.25) is 0 Å². The standard InChI is InChI=1S/C17H19F2NO/c1-13(20-2)14-7-6-10-16(11-14)21-12-17(18,19)15-8-4-3-5-9-15/h3-11,13,20H,12H2,1-2H3. The summed E-state index contributed by atoms with van der Waals surface area (Å²) in [5.41, 5.74) is 0.961. The molecule has 0 aliphatic heterocycles. The molecule has 1 unspecified atom stereocenters. The summed E-state index contributed by atoms with van der Waals surface area (Å²) in [6, 6.07) is 15.1. The molecule has 1 N–H and O–H groups in total. The summed E-state index contributed by atoms with van der Waals surface area (Å²) in [6.45, 7) is 1.33. The number of hydrogen-bond donors (Lipinski definition) is 1. The molecule has 2 aromatic rings. The van der Waals surface area contributed by atoms with E-state index in [4.69, 9.17) is 4.74 Å². The van der Waals surface area contributed by atoms with Gasteiger partial charge in [-0.25, -0.2) is 0 Å². The van der Waals surface area contributed by atoms with Crippen molar-refractivity contribution in [1.29, 1.82) is 0 Å². The number of nitrogens with one attached hydrogen (secondary N) is 1. The molecule has 0 bridgehead atoms. The zero-order valence-electron chi connectivity index (χ0n) is 12.1. The van der Waals surface area contributed by atoms with Gasteiger partial charge in [-0.15, -0.1) is 0 Å². The normalized spacial score (nSPS) is 13.0. The van der Waals surface area contributed by atoms with Crippen molar-refractivity contribution in [1.82, 2.24) is 5.32 Å². The van der Waals surface area contributed by atoms with E-state index in [0.29, 0.717) is 5.75 Å². The van der Waals surface area contributed by atoms with Gasteiger partial charge in [-0.1, -0.05) is 42.5 Å². The Morgan fingerprint density at radius 1 is 1.10 bits per heavy atom. The van der Waals surface area contributed by atoms with Gasteiger partial charge in [-0.2, -0.15) is 8.78 Å². The molecule has 0 saturated carbocycles. The maximum atomic E-state index is 14.0. The van der Waals surface area contributed by atoms with Gasteiger partial charge in [0.1, 0.15) is 5.75 Å². The van der Waals surface area contributed by atoms with Crippen LogP contribution in [0.25, 0.3) is 0 Å². The molecule has 2 rings (SSSR count). The number of alkyl halides is 2. The summed E-state index contributed by atoms with van der Waals surface area (Å²) in [7, 11) is 1.85. The molecule has 2 aromatic carbocycles. The number of ether oxygens (including phenoxy) is 1. The van der Waals surface area contributed by atoms with E-state index in [2.05, 4.69) is 5.32 Å². The Morgan fingerprint density at radius 2 is 1.81 bits per heavy atom. The van der Waals surface area contributed by atoms with Gasteiger partial charge in [0.15, 0.2) is 6.61 Å². The van der Waals surface area contributed by atoms with Crippen molar-refractivity contribution in [2.45, 2.75) is 18.9 Å². The van der Waals surface area contributed by atoms with E-state index in [0.717, 1.165) is 5.56 Å². The zero-order valence-corrected chi connectivity index (χ0v) is 12.1. The van der Waals surface area contributed by atoms with Crippen LogP contribution in [0.4, 0.5) is 8.78 Å². The highest BCUT2D eigenvalue weighted by Gasteiger charge is 2.32. The molecule has 0 aliphatic carbocycles. The Morgan fingerprint density at radius 3 is 2.48 bits per heavy atom. The van der Waals surface area contributed by atoms with E-state index in [9.17, 15) is 8.78 Å². The topological polar surface area (TPSA) is 21.3 Å². The Hall–Kier alpha value is -1.94. The Bertz CT molecular complexity index is 572. The van der Waals surface area contributed by atoms with Gasteiger partial charge in [0, 0.05) is 11.6 Å². The van der Waals surface area contributed by atoms with Crippen molar-refractivity contribution in [3.8, 4) is 5.75 Å². The lowest BCUT2D eigenvalue weighted by Crippen LogP contribution is -2.23. The van der Waals surface area contributed by atoms with Crippen LogP contribution in [0.2, 0.25) is 0 Å². The molecule has 0 saturated heterocycles. The lowest BCUT2D eigenvalue weighted by molar-refractivity contribution is -0.0467. The van der Waals surface area contributed by atoms with Gasteiger partial charge in [0.05, 0.1) is 0 Å². The molecule has 1 atom stereocenters. The quantitative estimate of drug-likeness (QED) is 0.863. The van der Waals surface area contributed by atoms with Gasteiger partial charge in [-0.05, 0) is 31.7 Å². The average Bonchev–Trinajstić information content (AvgIpc) is 2.53. The first-order valence-electron chi connectivity index (χ1n) is 6.86. The van der Waals surface area contributed by atoms with Crippen molar-refractivity contribution in [2.24, 2.45) is 0 Å². The highest BCUT2D eigenvalue weighted by Crippen LogP contribution is 2.29.